The molecule has 0 bridgehead atoms. The van der Waals surface area contributed by atoms with E-state index in [0.717, 1.165) is 26.2 Å². The van der Waals surface area contributed by atoms with E-state index in [1.165, 1.54) is 17.7 Å². The zero-order valence-electron chi connectivity index (χ0n) is 12.5. The largest absolute Gasteiger partial charge is 0.369 e. The minimum atomic E-state index is 0.101. The summed E-state index contributed by atoms with van der Waals surface area (Å²) in [6, 6.07) is 9.35. The molecule has 0 amide bonds. The van der Waals surface area contributed by atoms with Crippen LogP contribution in [0.3, 0.4) is 0 Å². The monoisotopic (exact) mass is 261 g/mol. The van der Waals surface area contributed by atoms with Crippen molar-refractivity contribution in [3.05, 3.63) is 29.8 Å². The SMILES string of the molecule is CCC(C)N1CCN(c2ccccc2[C@H](C)N)CC1. The predicted octanol–water partition coefficient (Wildman–Crippen LogP) is 2.63. The third kappa shape index (κ3) is 3.28. The first-order chi connectivity index (χ1) is 9.13. The number of para-hydroxylation sites is 1. The van der Waals surface area contributed by atoms with Crippen molar-refractivity contribution in [2.75, 3.05) is 31.1 Å². The van der Waals surface area contributed by atoms with Crippen LogP contribution >= 0.6 is 0 Å². The van der Waals surface area contributed by atoms with Gasteiger partial charge >= 0.3 is 0 Å². The molecule has 1 aliphatic rings. The molecule has 106 valence electrons. The molecule has 1 saturated heterocycles. The van der Waals surface area contributed by atoms with E-state index in [2.05, 4.69) is 54.8 Å². The third-order valence-corrected chi connectivity index (χ3v) is 4.30. The van der Waals surface area contributed by atoms with Gasteiger partial charge in [-0.15, -0.1) is 0 Å². The normalized spacial score (nSPS) is 20.3. The van der Waals surface area contributed by atoms with E-state index in [1.54, 1.807) is 0 Å². The van der Waals surface area contributed by atoms with Gasteiger partial charge in [0.05, 0.1) is 0 Å². The van der Waals surface area contributed by atoms with Gasteiger partial charge < -0.3 is 10.6 Å². The lowest BCUT2D eigenvalue weighted by Crippen LogP contribution is -2.49. The molecule has 3 heteroatoms. The molecule has 1 unspecified atom stereocenters. The topological polar surface area (TPSA) is 32.5 Å². The van der Waals surface area contributed by atoms with E-state index >= 15 is 0 Å². The van der Waals surface area contributed by atoms with Crippen molar-refractivity contribution in [1.29, 1.82) is 0 Å². The molecule has 19 heavy (non-hydrogen) atoms. The van der Waals surface area contributed by atoms with E-state index in [-0.39, 0.29) is 6.04 Å². The van der Waals surface area contributed by atoms with Crippen LogP contribution in [0, 0.1) is 0 Å². The number of anilines is 1. The van der Waals surface area contributed by atoms with Crippen LogP contribution in [0.1, 0.15) is 38.8 Å². The molecule has 1 aliphatic heterocycles. The molecule has 0 aromatic heterocycles. The van der Waals surface area contributed by atoms with Gasteiger partial charge in [-0.2, -0.15) is 0 Å². The van der Waals surface area contributed by atoms with Crippen LogP contribution < -0.4 is 10.6 Å². The number of hydrogen-bond donors (Lipinski definition) is 1. The molecule has 2 atom stereocenters. The Hall–Kier alpha value is -1.06. The van der Waals surface area contributed by atoms with Crippen molar-refractivity contribution in [3.63, 3.8) is 0 Å². The Kier molecular flexibility index (Phi) is 4.83. The van der Waals surface area contributed by atoms with Crippen LogP contribution in [-0.4, -0.2) is 37.1 Å². The number of benzene rings is 1. The summed E-state index contributed by atoms with van der Waals surface area (Å²) in [6.45, 7) is 11.2. The minimum absolute atomic E-state index is 0.101. The number of piperazine rings is 1. The molecule has 1 aromatic rings. The maximum Gasteiger partial charge on any atom is 0.0415 e. The predicted molar refractivity (Wildman–Crippen MR) is 82.6 cm³/mol. The van der Waals surface area contributed by atoms with E-state index in [0.29, 0.717) is 6.04 Å². The fourth-order valence-corrected chi connectivity index (χ4v) is 2.82. The highest BCUT2D eigenvalue weighted by Crippen LogP contribution is 2.26. The molecule has 1 heterocycles. The lowest BCUT2D eigenvalue weighted by Gasteiger charge is -2.39. The van der Waals surface area contributed by atoms with Crippen molar-refractivity contribution < 1.29 is 0 Å². The second-order valence-corrected chi connectivity index (χ2v) is 5.63. The summed E-state index contributed by atoms with van der Waals surface area (Å²) >= 11 is 0. The smallest absolute Gasteiger partial charge is 0.0415 e. The number of nitrogens with two attached hydrogens (primary N) is 1. The molecular weight excluding hydrogens is 234 g/mol. The van der Waals surface area contributed by atoms with Crippen molar-refractivity contribution in [1.82, 2.24) is 4.90 Å². The maximum absolute atomic E-state index is 6.08. The van der Waals surface area contributed by atoms with Crippen molar-refractivity contribution in [2.24, 2.45) is 5.73 Å². The summed E-state index contributed by atoms with van der Waals surface area (Å²) in [6.07, 6.45) is 1.23. The quantitative estimate of drug-likeness (QED) is 0.904. The van der Waals surface area contributed by atoms with Gasteiger partial charge in [0.25, 0.3) is 0 Å². The van der Waals surface area contributed by atoms with Crippen LogP contribution in [0.15, 0.2) is 24.3 Å². The number of nitrogens with zero attached hydrogens (tertiary/aromatic N) is 2. The van der Waals surface area contributed by atoms with E-state index < -0.39 is 0 Å². The minimum Gasteiger partial charge on any atom is -0.369 e. The molecule has 0 aliphatic carbocycles. The van der Waals surface area contributed by atoms with Crippen molar-refractivity contribution in [3.8, 4) is 0 Å². The second kappa shape index (κ2) is 6.40. The average molecular weight is 261 g/mol. The summed E-state index contributed by atoms with van der Waals surface area (Å²) in [5.41, 5.74) is 8.67. The number of hydrogen-bond acceptors (Lipinski definition) is 3. The second-order valence-electron chi connectivity index (χ2n) is 5.63. The fourth-order valence-electron chi connectivity index (χ4n) is 2.82. The van der Waals surface area contributed by atoms with Crippen LogP contribution in [0.25, 0.3) is 0 Å². The highest BCUT2D eigenvalue weighted by Gasteiger charge is 2.22. The Morgan fingerprint density at radius 1 is 1.11 bits per heavy atom. The highest BCUT2D eigenvalue weighted by molar-refractivity contribution is 5.55. The molecule has 0 radical (unpaired) electrons. The molecule has 0 saturated carbocycles. The molecule has 1 fully saturated rings. The maximum atomic E-state index is 6.08. The Bertz CT molecular complexity index is 395. The lowest BCUT2D eigenvalue weighted by atomic mass is 10.0. The molecule has 2 N–H and O–H groups in total. The van der Waals surface area contributed by atoms with Crippen LogP contribution in [0.2, 0.25) is 0 Å². The fraction of sp³-hybridized carbons (Fsp3) is 0.625. The standard InChI is InChI=1S/C16H27N3/c1-4-13(2)18-9-11-19(12-10-18)16-8-6-5-7-15(16)14(3)17/h5-8,13-14H,4,9-12,17H2,1-3H3/t13?,14-/m0/s1. The summed E-state index contributed by atoms with van der Waals surface area (Å²) in [4.78, 5) is 5.07. The van der Waals surface area contributed by atoms with Gasteiger partial charge in [0.15, 0.2) is 0 Å². The van der Waals surface area contributed by atoms with Crippen molar-refractivity contribution >= 4 is 5.69 Å². The Morgan fingerprint density at radius 2 is 1.74 bits per heavy atom. The Labute approximate surface area is 117 Å². The van der Waals surface area contributed by atoms with E-state index in [1.807, 2.05) is 0 Å². The zero-order chi connectivity index (χ0) is 13.8. The summed E-state index contributed by atoms with van der Waals surface area (Å²) in [7, 11) is 0. The third-order valence-electron chi connectivity index (χ3n) is 4.30. The summed E-state index contributed by atoms with van der Waals surface area (Å²) in [5.74, 6) is 0. The van der Waals surface area contributed by atoms with Crippen LogP contribution in [0.5, 0.6) is 0 Å². The summed E-state index contributed by atoms with van der Waals surface area (Å²) in [5, 5.41) is 0. The van der Waals surface area contributed by atoms with E-state index in [9.17, 15) is 0 Å². The average Bonchev–Trinajstić information content (AvgIpc) is 2.46. The van der Waals surface area contributed by atoms with Crippen molar-refractivity contribution in [2.45, 2.75) is 39.3 Å². The molecular formula is C16H27N3. The Balaban J connectivity index is 2.06. The van der Waals surface area contributed by atoms with Gasteiger partial charge in [-0.05, 0) is 31.9 Å². The molecule has 3 nitrogen and oxygen atoms in total. The Morgan fingerprint density at radius 3 is 2.32 bits per heavy atom. The van der Waals surface area contributed by atoms with Gasteiger partial charge in [-0.1, -0.05) is 25.1 Å². The molecule has 2 rings (SSSR count). The first-order valence-corrected chi connectivity index (χ1v) is 7.47. The molecule has 1 aromatic carbocycles. The first kappa shape index (κ1) is 14.4. The van der Waals surface area contributed by atoms with Crippen LogP contribution in [0.4, 0.5) is 5.69 Å². The first-order valence-electron chi connectivity index (χ1n) is 7.47. The van der Waals surface area contributed by atoms with Crippen LogP contribution in [-0.2, 0) is 0 Å². The summed E-state index contributed by atoms with van der Waals surface area (Å²) < 4.78 is 0. The van der Waals surface area contributed by atoms with Gasteiger partial charge in [0.2, 0.25) is 0 Å². The lowest BCUT2D eigenvalue weighted by molar-refractivity contribution is 0.192. The van der Waals surface area contributed by atoms with Gasteiger partial charge in [-0.25, -0.2) is 0 Å². The van der Waals surface area contributed by atoms with Gasteiger partial charge in [0.1, 0.15) is 0 Å². The number of rotatable bonds is 4. The van der Waals surface area contributed by atoms with Gasteiger partial charge in [0, 0.05) is 44.0 Å². The molecule has 0 spiro atoms. The highest BCUT2D eigenvalue weighted by atomic mass is 15.3. The zero-order valence-corrected chi connectivity index (χ0v) is 12.5. The van der Waals surface area contributed by atoms with Gasteiger partial charge in [-0.3, -0.25) is 4.90 Å². The van der Waals surface area contributed by atoms with E-state index in [4.69, 9.17) is 5.73 Å².